The van der Waals surface area contributed by atoms with Crippen LogP contribution in [0.25, 0.3) is 0 Å². The number of quaternary nitrogens is 1. The third kappa shape index (κ3) is 7.06. The van der Waals surface area contributed by atoms with Gasteiger partial charge in [-0.3, -0.25) is 5.43 Å². The summed E-state index contributed by atoms with van der Waals surface area (Å²) in [4.78, 5) is 1.50. The highest BCUT2D eigenvalue weighted by atomic mass is 32.1. The van der Waals surface area contributed by atoms with Crippen molar-refractivity contribution in [1.82, 2.24) is 10.7 Å². The third-order valence-corrected chi connectivity index (χ3v) is 4.67. The fourth-order valence-electron chi connectivity index (χ4n) is 2.99. The maximum absolute atomic E-state index is 5.54. The first kappa shape index (κ1) is 21.6. The maximum Gasteiger partial charge on any atom is 0.187 e. The minimum atomic E-state index is 0.120. The van der Waals surface area contributed by atoms with Crippen LogP contribution in [0.2, 0.25) is 0 Å². The van der Waals surface area contributed by atoms with Gasteiger partial charge in [0.1, 0.15) is 25.4 Å². The predicted molar refractivity (Wildman–Crippen MR) is 111 cm³/mol. The molecule has 1 saturated heterocycles. The second-order valence-corrected chi connectivity index (χ2v) is 7.11. The van der Waals surface area contributed by atoms with Crippen molar-refractivity contribution in [2.45, 2.75) is 26.4 Å². The van der Waals surface area contributed by atoms with E-state index in [-0.39, 0.29) is 6.04 Å². The molecular weight excluding hydrogens is 364 g/mol. The summed E-state index contributed by atoms with van der Waals surface area (Å²) in [6.45, 7) is 9.11. The van der Waals surface area contributed by atoms with E-state index in [9.17, 15) is 0 Å². The first-order valence-corrected chi connectivity index (χ1v) is 9.62. The molecule has 1 heterocycles. The molecular formula is C19H31N4O3S+. The molecule has 1 aliphatic heterocycles. The van der Waals surface area contributed by atoms with Crippen molar-refractivity contribution < 1.29 is 19.1 Å². The Labute approximate surface area is 167 Å². The largest absolute Gasteiger partial charge is 0.496 e. The number of hydrogen-bond acceptors (Lipinski definition) is 5. The van der Waals surface area contributed by atoms with E-state index in [0.717, 1.165) is 49.9 Å². The van der Waals surface area contributed by atoms with Crippen LogP contribution < -0.4 is 20.4 Å². The van der Waals surface area contributed by atoms with Crippen molar-refractivity contribution >= 4 is 23.0 Å². The van der Waals surface area contributed by atoms with Crippen molar-refractivity contribution in [3.8, 4) is 5.75 Å². The molecule has 0 unspecified atom stereocenters. The van der Waals surface area contributed by atoms with Crippen LogP contribution >= 0.6 is 12.2 Å². The van der Waals surface area contributed by atoms with Gasteiger partial charge in [-0.25, -0.2) is 0 Å². The number of ether oxygens (including phenoxy) is 3. The number of thiocarbonyl (C=S) groups is 1. The zero-order valence-electron chi connectivity index (χ0n) is 16.6. The Morgan fingerprint density at radius 1 is 1.33 bits per heavy atom. The van der Waals surface area contributed by atoms with E-state index in [4.69, 9.17) is 26.4 Å². The zero-order chi connectivity index (χ0) is 19.6. The van der Waals surface area contributed by atoms with Gasteiger partial charge in [-0.2, -0.15) is 5.10 Å². The molecule has 27 heavy (non-hydrogen) atoms. The van der Waals surface area contributed by atoms with E-state index in [2.05, 4.69) is 21.9 Å². The standard InChI is InChI=1S/C19H30N4O3S/c1-14(13-24-3)20-19(27)22-21-15(2)16-5-6-18(25-4)17(11-16)12-23-7-9-26-10-8-23/h5-6,11,14H,7-10,12-13H2,1-4H3,(H2,20,22,27)/p+1/b21-15-/t14-/m1/s1. The second kappa shape index (κ2) is 11.2. The van der Waals surface area contributed by atoms with Gasteiger partial charge in [0.25, 0.3) is 0 Å². The van der Waals surface area contributed by atoms with Gasteiger partial charge < -0.3 is 24.4 Å². The van der Waals surface area contributed by atoms with Gasteiger partial charge in [0.05, 0.1) is 32.6 Å². The molecule has 8 heteroatoms. The van der Waals surface area contributed by atoms with Crippen LogP contribution in [-0.4, -0.2) is 64.0 Å². The summed E-state index contributed by atoms with van der Waals surface area (Å²) >= 11 is 5.27. The maximum atomic E-state index is 5.54. The molecule has 0 saturated carbocycles. The number of morpholine rings is 1. The quantitative estimate of drug-likeness (QED) is 0.335. The molecule has 1 aromatic carbocycles. The first-order valence-electron chi connectivity index (χ1n) is 9.21. The van der Waals surface area contributed by atoms with E-state index in [1.54, 1.807) is 14.2 Å². The Balaban J connectivity index is 2.03. The Morgan fingerprint density at radius 2 is 2.07 bits per heavy atom. The van der Waals surface area contributed by atoms with Gasteiger partial charge in [-0.05, 0) is 49.8 Å². The summed E-state index contributed by atoms with van der Waals surface area (Å²) in [6.07, 6.45) is 0. The zero-order valence-corrected chi connectivity index (χ0v) is 17.4. The lowest BCUT2D eigenvalue weighted by molar-refractivity contribution is -0.921. The van der Waals surface area contributed by atoms with E-state index >= 15 is 0 Å². The smallest absolute Gasteiger partial charge is 0.187 e. The van der Waals surface area contributed by atoms with Crippen LogP contribution in [0.5, 0.6) is 5.75 Å². The van der Waals surface area contributed by atoms with Gasteiger partial charge in [-0.1, -0.05) is 0 Å². The normalized spacial score (nSPS) is 16.7. The van der Waals surface area contributed by atoms with Crippen molar-refractivity contribution in [2.24, 2.45) is 5.10 Å². The SMILES string of the molecule is COC[C@@H](C)NC(=S)N/N=C(/C)c1ccc(OC)c(C[NH+]2CCOCC2)c1. The molecule has 0 amide bonds. The van der Waals surface area contributed by atoms with Crippen molar-refractivity contribution in [3.05, 3.63) is 29.3 Å². The van der Waals surface area contributed by atoms with Crippen LogP contribution in [0, 0.1) is 0 Å². The predicted octanol–water partition coefficient (Wildman–Crippen LogP) is 0.333. The van der Waals surface area contributed by atoms with Crippen LogP contribution in [-0.2, 0) is 16.0 Å². The molecule has 1 atom stereocenters. The molecule has 1 aromatic rings. The van der Waals surface area contributed by atoms with Gasteiger partial charge >= 0.3 is 0 Å². The molecule has 0 bridgehead atoms. The Morgan fingerprint density at radius 3 is 2.74 bits per heavy atom. The van der Waals surface area contributed by atoms with E-state index < -0.39 is 0 Å². The van der Waals surface area contributed by atoms with Crippen LogP contribution in [0.1, 0.15) is 25.0 Å². The van der Waals surface area contributed by atoms with Crippen LogP contribution in [0.4, 0.5) is 0 Å². The lowest BCUT2D eigenvalue weighted by Gasteiger charge is -2.24. The number of nitrogens with one attached hydrogen (secondary N) is 3. The number of hydrogen-bond donors (Lipinski definition) is 3. The van der Waals surface area contributed by atoms with Crippen LogP contribution in [0.15, 0.2) is 23.3 Å². The van der Waals surface area contributed by atoms with E-state index in [1.165, 1.54) is 10.5 Å². The number of methoxy groups -OCH3 is 2. The molecule has 150 valence electrons. The van der Waals surface area contributed by atoms with Gasteiger partial charge in [0, 0.05) is 18.7 Å². The molecule has 1 aliphatic rings. The van der Waals surface area contributed by atoms with E-state index in [1.807, 2.05) is 26.0 Å². The summed E-state index contributed by atoms with van der Waals surface area (Å²) in [5.41, 5.74) is 5.98. The third-order valence-electron chi connectivity index (χ3n) is 4.46. The Kier molecular flexibility index (Phi) is 8.93. The fraction of sp³-hybridized carbons (Fsp3) is 0.579. The highest BCUT2D eigenvalue weighted by Crippen LogP contribution is 2.19. The van der Waals surface area contributed by atoms with E-state index in [0.29, 0.717) is 11.7 Å². The average Bonchev–Trinajstić information content (AvgIpc) is 2.67. The highest BCUT2D eigenvalue weighted by molar-refractivity contribution is 7.80. The molecule has 0 aliphatic carbocycles. The number of benzene rings is 1. The molecule has 0 aromatic heterocycles. The molecule has 1 fully saturated rings. The lowest BCUT2D eigenvalue weighted by Crippen LogP contribution is -3.12. The molecule has 7 nitrogen and oxygen atoms in total. The summed E-state index contributed by atoms with van der Waals surface area (Å²) < 4.78 is 16.1. The van der Waals surface area contributed by atoms with Gasteiger partial charge in [-0.15, -0.1) is 0 Å². The summed E-state index contributed by atoms with van der Waals surface area (Å²) in [5.74, 6) is 0.907. The number of hydrazone groups is 1. The molecule has 3 N–H and O–H groups in total. The fourth-order valence-corrected chi connectivity index (χ4v) is 3.24. The van der Waals surface area contributed by atoms with Crippen molar-refractivity contribution in [2.75, 3.05) is 47.1 Å². The van der Waals surface area contributed by atoms with Crippen molar-refractivity contribution in [3.63, 3.8) is 0 Å². The second-order valence-electron chi connectivity index (χ2n) is 6.70. The average molecular weight is 396 g/mol. The highest BCUT2D eigenvalue weighted by Gasteiger charge is 2.17. The first-order chi connectivity index (χ1) is 13.0. The Hall–Kier alpha value is -1.74. The monoisotopic (exact) mass is 395 g/mol. The number of nitrogens with zero attached hydrogens (tertiary/aromatic N) is 1. The lowest BCUT2D eigenvalue weighted by atomic mass is 10.1. The molecule has 2 rings (SSSR count). The van der Waals surface area contributed by atoms with Crippen LogP contribution in [0.3, 0.4) is 0 Å². The minimum Gasteiger partial charge on any atom is -0.496 e. The molecule has 0 spiro atoms. The van der Waals surface area contributed by atoms with Crippen molar-refractivity contribution in [1.29, 1.82) is 0 Å². The summed E-state index contributed by atoms with van der Waals surface area (Å²) in [6, 6.07) is 6.28. The number of rotatable bonds is 8. The van der Waals surface area contributed by atoms with Gasteiger partial charge in [0.2, 0.25) is 0 Å². The molecule has 0 radical (unpaired) electrons. The topological polar surface area (TPSA) is 68.5 Å². The van der Waals surface area contributed by atoms with Gasteiger partial charge in [0.15, 0.2) is 5.11 Å². The summed E-state index contributed by atoms with van der Waals surface area (Å²) in [5, 5.41) is 8.01. The minimum absolute atomic E-state index is 0.120. The Bertz CT molecular complexity index is 648. The summed E-state index contributed by atoms with van der Waals surface area (Å²) in [7, 11) is 3.37.